The number of benzene rings is 1. The number of fused-ring (bicyclic) bond motifs is 1. The molecule has 1 aliphatic rings. The van der Waals surface area contributed by atoms with Gasteiger partial charge in [0.2, 0.25) is 5.91 Å². The third kappa shape index (κ3) is 5.14. The molecule has 3 heterocycles. The molecule has 1 aromatic carbocycles. The minimum Gasteiger partial charge on any atom is -0.343 e. The van der Waals surface area contributed by atoms with Crippen LogP contribution in [0.25, 0.3) is 10.9 Å². The van der Waals surface area contributed by atoms with Gasteiger partial charge in [0.25, 0.3) is 5.56 Å². The first-order valence-corrected chi connectivity index (χ1v) is 11.7. The van der Waals surface area contributed by atoms with Crippen LogP contribution in [0.5, 0.6) is 0 Å². The van der Waals surface area contributed by atoms with Crippen molar-refractivity contribution in [2.45, 2.75) is 39.8 Å². The van der Waals surface area contributed by atoms with Crippen molar-refractivity contribution in [1.82, 2.24) is 19.4 Å². The van der Waals surface area contributed by atoms with Gasteiger partial charge in [-0.2, -0.15) is 0 Å². The average molecular weight is 451 g/mol. The van der Waals surface area contributed by atoms with Gasteiger partial charge in [-0.25, -0.2) is 4.39 Å². The summed E-state index contributed by atoms with van der Waals surface area (Å²) in [7, 11) is 0. The summed E-state index contributed by atoms with van der Waals surface area (Å²) >= 11 is 0. The van der Waals surface area contributed by atoms with Gasteiger partial charge < -0.3 is 9.47 Å². The van der Waals surface area contributed by atoms with E-state index in [-0.39, 0.29) is 29.7 Å². The van der Waals surface area contributed by atoms with E-state index in [0.717, 1.165) is 30.5 Å². The first-order valence-electron chi connectivity index (χ1n) is 11.7. The van der Waals surface area contributed by atoms with Crippen molar-refractivity contribution in [2.24, 2.45) is 5.92 Å². The van der Waals surface area contributed by atoms with E-state index in [1.54, 1.807) is 16.8 Å². The Morgan fingerprint density at radius 1 is 1.15 bits per heavy atom. The Hall–Kier alpha value is -3.06. The normalized spacial score (nSPS) is 16.8. The number of carbonyl (C=O) groups excluding carboxylic acids is 1. The smallest absolute Gasteiger partial charge is 0.255 e. The van der Waals surface area contributed by atoms with Gasteiger partial charge in [-0.15, -0.1) is 0 Å². The van der Waals surface area contributed by atoms with Crippen LogP contribution in [0.4, 0.5) is 4.39 Å². The number of piperidine rings is 1. The molecule has 7 heteroatoms. The summed E-state index contributed by atoms with van der Waals surface area (Å²) in [6.45, 7) is 7.68. The molecule has 4 rings (SSSR count). The van der Waals surface area contributed by atoms with Gasteiger partial charge in [0.1, 0.15) is 5.82 Å². The van der Waals surface area contributed by atoms with Crippen LogP contribution in [0.1, 0.15) is 37.9 Å². The Morgan fingerprint density at radius 2 is 1.97 bits per heavy atom. The maximum Gasteiger partial charge on any atom is 0.255 e. The lowest BCUT2D eigenvalue weighted by Gasteiger charge is -2.34. The Labute approximate surface area is 193 Å². The minimum absolute atomic E-state index is 0.0380. The Balaban J connectivity index is 1.64. The van der Waals surface area contributed by atoms with E-state index >= 15 is 0 Å². The van der Waals surface area contributed by atoms with Crippen LogP contribution in [0.2, 0.25) is 0 Å². The second-order valence-electron chi connectivity index (χ2n) is 8.67. The molecule has 1 unspecified atom stereocenters. The molecular formula is C26H31FN4O2. The number of carbonyl (C=O) groups is 1. The van der Waals surface area contributed by atoms with Crippen LogP contribution in [0, 0.1) is 11.7 Å². The second-order valence-corrected chi connectivity index (χ2v) is 8.67. The quantitative estimate of drug-likeness (QED) is 0.551. The molecule has 1 aliphatic heterocycles. The summed E-state index contributed by atoms with van der Waals surface area (Å²) in [5.74, 6) is -0.214. The molecule has 0 N–H and O–H groups in total. The molecule has 1 atom stereocenters. The molecule has 2 aromatic heterocycles. The fourth-order valence-electron chi connectivity index (χ4n) is 4.76. The highest BCUT2D eigenvalue weighted by Crippen LogP contribution is 2.22. The summed E-state index contributed by atoms with van der Waals surface area (Å²) in [6, 6.07) is 12.0. The van der Waals surface area contributed by atoms with Gasteiger partial charge >= 0.3 is 0 Å². The van der Waals surface area contributed by atoms with Crippen LogP contribution in [-0.4, -0.2) is 51.4 Å². The average Bonchev–Trinajstić information content (AvgIpc) is 2.83. The van der Waals surface area contributed by atoms with E-state index in [9.17, 15) is 14.0 Å². The third-order valence-electron chi connectivity index (χ3n) is 6.50. The standard InChI is InChI=1S/C26H31FN4O2/c1-3-30(4-2)25(32)20-8-7-13-29(16-20)17-21-14-19-10-11-22(27)15-24(19)31(26(21)33)18-23-9-5-6-12-28-23/h5-6,9-12,14-15,20H,3-4,7-8,13,16-18H2,1-2H3. The number of hydrogen-bond acceptors (Lipinski definition) is 4. The highest BCUT2D eigenvalue weighted by atomic mass is 19.1. The largest absolute Gasteiger partial charge is 0.343 e. The molecule has 0 spiro atoms. The molecule has 3 aromatic rings. The van der Waals surface area contributed by atoms with Crippen molar-refractivity contribution in [1.29, 1.82) is 0 Å². The molecular weight excluding hydrogens is 419 g/mol. The first kappa shape index (κ1) is 23.1. The van der Waals surface area contributed by atoms with Crippen LogP contribution in [-0.2, 0) is 17.9 Å². The zero-order valence-corrected chi connectivity index (χ0v) is 19.3. The maximum atomic E-state index is 14.0. The van der Waals surface area contributed by atoms with Crippen molar-refractivity contribution in [3.63, 3.8) is 0 Å². The molecule has 174 valence electrons. The van der Waals surface area contributed by atoms with E-state index in [0.29, 0.717) is 37.3 Å². The predicted molar refractivity (Wildman–Crippen MR) is 127 cm³/mol. The Bertz CT molecular complexity index is 1170. The van der Waals surface area contributed by atoms with Gasteiger partial charge in [0.05, 0.1) is 23.7 Å². The molecule has 0 saturated carbocycles. The monoisotopic (exact) mass is 450 g/mol. The molecule has 33 heavy (non-hydrogen) atoms. The molecule has 0 radical (unpaired) electrons. The number of pyridine rings is 2. The summed E-state index contributed by atoms with van der Waals surface area (Å²) in [5, 5.41) is 0.815. The van der Waals surface area contributed by atoms with Gasteiger partial charge in [-0.1, -0.05) is 6.07 Å². The van der Waals surface area contributed by atoms with E-state index < -0.39 is 0 Å². The summed E-state index contributed by atoms with van der Waals surface area (Å²) in [5.41, 5.74) is 1.81. The SMILES string of the molecule is CCN(CC)C(=O)C1CCCN(Cc2cc3ccc(F)cc3n(Cc3ccccn3)c2=O)C1. The van der Waals surface area contributed by atoms with Crippen LogP contribution >= 0.6 is 0 Å². The fourth-order valence-corrected chi connectivity index (χ4v) is 4.76. The molecule has 1 amide bonds. The van der Waals surface area contributed by atoms with E-state index in [1.807, 2.05) is 43.0 Å². The number of hydrogen-bond donors (Lipinski definition) is 0. The molecule has 0 aliphatic carbocycles. The van der Waals surface area contributed by atoms with E-state index in [4.69, 9.17) is 0 Å². The van der Waals surface area contributed by atoms with Gasteiger partial charge in [-0.3, -0.25) is 19.5 Å². The van der Waals surface area contributed by atoms with Gasteiger partial charge in [-0.05, 0) is 75.0 Å². The lowest BCUT2D eigenvalue weighted by molar-refractivity contribution is -0.137. The van der Waals surface area contributed by atoms with Crippen LogP contribution in [0.3, 0.4) is 0 Å². The molecule has 1 saturated heterocycles. The number of halogens is 1. The number of likely N-dealkylation sites (tertiary alicyclic amines) is 1. The fraction of sp³-hybridized carbons (Fsp3) is 0.423. The molecule has 0 bridgehead atoms. The topological polar surface area (TPSA) is 58.4 Å². The molecule has 1 fully saturated rings. The Kier molecular flexibility index (Phi) is 7.18. The van der Waals surface area contributed by atoms with Crippen LogP contribution in [0.15, 0.2) is 53.5 Å². The Morgan fingerprint density at radius 3 is 2.70 bits per heavy atom. The van der Waals surface area contributed by atoms with Crippen molar-refractivity contribution in [3.05, 3.63) is 76.1 Å². The summed E-state index contributed by atoms with van der Waals surface area (Å²) in [4.78, 5) is 34.8. The lowest BCUT2D eigenvalue weighted by Crippen LogP contribution is -2.45. The summed E-state index contributed by atoms with van der Waals surface area (Å²) < 4.78 is 15.6. The van der Waals surface area contributed by atoms with Crippen LogP contribution < -0.4 is 5.56 Å². The highest BCUT2D eigenvalue weighted by molar-refractivity contribution is 5.80. The highest BCUT2D eigenvalue weighted by Gasteiger charge is 2.28. The van der Waals surface area contributed by atoms with Gasteiger partial charge in [0.15, 0.2) is 0 Å². The second kappa shape index (κ2) is 10.3. The maximum absolute atomic E-state index is 14.0. The van der Waals surface area contributed by atoms with Crippen molar-refractivity contribution in [3.8, 4) is 0 Å². The van der Waals surface area contributed by atoms with Crippen molar-refractivity contribution >= 4 is 16.8 Å². The lowest BCUT2D eigenvalue weighted by atomic mass is 9.96. The van der Waals surface area contributed by atoms with Crippen molar-refractivity contribution < 1.29 is 9.18 Å². The van der Waals surface area contributed by atoms with Gasteiger partial charge in [0, 0.05) is 37.9 Å². The van der Waals surface area contributed by atoms with E-state index in [1.165, 1.54) is 12.1 Å². The first-order chi connectivity index (χ1) is 16.0. The zero-order chi connectivity index (χ0) is 23.4. The zero-order valence-electron chi connectivity index (χ0n) is 19.3. The number of nitrogens with zero attached hydrogens (tertiary/aromatic N) is 4. The summed E-state index contributed by atoms with van der Waals surface area (Å²) in [6.07, 6.45) is 3.50. The number of amides is 1. The van der Waals surface area contributed by atoms with Crippen molar-refractivity contribution in [2.75, 3.05) is 26.2 Å². The third-order valence-corrected chi connectivity index (χ3v) is 6.50. The van der Waals surface area contributed by atoms with E-state index in [2.05, 4.69) is 9.88 Å². The minimum atomic E-state index is -0.377. The predicted octanol–water partition coefficient (Wildman–Crippen LogP) is 3.66. The number of aromatic nitrogens is 2. The number of rotatable bonds is 7. The molecule has 6 nitrogen and oxygen atoms in total.